The lowest BCUT2D eigenvalue weighted by molar-refractivity contribution is -0.128. The van der Waals surface area contributed by atoms with Gasteiger partial charge >= 0.3 is 0 Å². The van der Waals surface area contributed by atoms with E-state index in [0.29, 0.717) is 11.1 Å². The van der Waals surface area contributed by atoms with Crippen LogP contribution in [0.2, 0.25) is 0 Å². The van der Waals surface area contributed by atoms with E-state index in [-0.39, 0.29) is 18.1 Å². The van der Waals surface area contributed by atoms with Crippen molar-refractivity contribution in [2.45, 2.75) is 6.42 Å². The molecule has 0 atom stereocenters. The first-order chi connectivity index (χ1) is 12.1. The summed E-state index contributed by atoms with van der Waals surface area (Å²) in [4.78, 5) is 13.4. The number of carbonyl (C=O) groups is 1. The molecule has 0 heterocycles. The molecule has 0 aliphatic carbocycles. The van der Waals surface area contributed by atoms with Crippen LogP contribution in [-0.2, 0) is 11.2 Å². The quantitative estimate of drug-likeness (QED) is 0.672. The number of benzene rings is 3. The molecule has 3 aromatic carbocycles. The van der Waals surface area contributed by atoms with Crippen molar-refractivity contribution < 1.29 is 9.18 Å². The van der Waals surface area contributed by atoms with Crippen LogP contribution in [0.25, 0.3) is 22.3 Å². The molecule has 126 valence electrons. The van der Waals surface area contributed by atoms with Crippen LogP contribution in [-0.4, -0.2) is 24.9 Å². The zero-order chi connectivity index (χ0) is 17.8. The normalized spacial score (nSPS) is 10.5. The highest BCUT2D eigenvalue weighted by atomic mass is 19.1. The number of halogens is 1. The minimum absolute atomic E-state index is 0.0557. The van der Waals surface area contributed by atoms with Crippen molar-refractivity contribution in [2.75, 3.05) is 14.1 Å². The summed E-state index contributed by atoms with van der Waals surface area (Å²) in [5.74, 6) is -0.450. The van der Waals surface area contributed by atoms with Crippen molar-refractivity contribution in [1.82, 2.24) is 4.90 Å². The first kappa shape index (κ1) is 16.9. The Morgan fingerprint density at radius 1 is 0.800 bits per heavy atom. The average Bonchev–Trinajstić information content (AvgIpc) is 2.64. The Morgan fingerprint density at radius 2 is 1.40 bits per heavy atom. The molecule has 0 unspecified atom stereocenters. The number of carbonyl (C=O) groups excluding carboxylic acids is 1. The van der Waals surface area contributed by atoms with Gasteiger partial charge in [-0.1, -0.05) is 72.8 Å². The van der Waals surface area contributed by atoms with Gasteiger partial charge in [-0.25, -0.2) is 4.39 Å². The van der Waals surface area contributed by atoms with Crippen LogP contribution in [0.3, 0.4) is 0 Å². The standard InChI is InChI=1S/C22H20FNO/c1-24(2)21(25)15-17-11-8-14-20(22(17)23)19-13-7-6-12-18(19)16-9-4-3-5-10-16/h3-14H,15H2,1-2H3. The highest BCUT2D eigenvalue weighted by Gasteiger charge is 2.16. The van der Waals surface area contributed by atoms with E-state index in [0.717, 1.165) is 16.7 Å². The molecule has 0 aliphatic heterocycles. The van der Waals surface area contributed by atoms with Crippen LogP contribution < -0.4 is 0 Å². The minimum atomic E-state index is -0.332. The molecule has 3 aromatic rings. The highest BCUT2D eigenvalue weighted by molar-refractivity contribution is 5.85. The second-order valence-corrected chi connectivity index (χ2v) is 6.16. The maximum absolute atomic E-state index is 15.1. The van der Waals surface area contributed by atoms with E-state index in [4.69, 9.17) is 0 Å². The summed E-state index contributed by atoms with van der Waals surface area (Å²) in [6.45, 7) is 0. The summed E-state index contributed by atoms with van der Waals surface area (Å²) in [5, 5.41) is 0. The van der Waals surface area contributed by atoms with Crippen LogP contribution in [0.1, 0.15) is 5.56 Å². The molecule has 3 heteroatoms. The van der Waals surface area contributed by atoms with Gasteiger partial charge in [-0.2, -0.15) is 0 Å². The lowest BCUT2D eigenvalue weighted by atomic mass is 9.93. The molecule has 2 nitrogen and oxygen atoms in total. The van der Waals surface area contributed by atoms with Gasteiger partial charge < -0.3 is 4.90 Å². The lowest BCUT2D eigenvalue weighted by Crippen LogP contribution is -2.24. The SMILES string of the molecule is CN(C)C(=O)Cc1cccc(-c2ccccc2-c2ccccc2)c1F. The van der Waals surface area contributed by atoms with Crippen molar-refractivity contribution >= 4 is 5.91 Å². The Labute approximate surface area is 147 Å². The summed E-state index contributed by atoms with van der Waals surface area (Å²) in [6, 6.07) is 22.9. The second-order valence-electron chi connectivity index (χ2n) is 6.16. The first-order valence-corrected chi connectivity index (χ1v) is 8.20. The van der Waals surface area contributed by atoms with Crippen LogP contribution in [0.4, 0.5) is 4.39 Å². The van der Waals surface area contributed by atoms with Crippen LogP contribution in [0, 0.1) is 5.82 Å². The molecule has 0 saturated heterocycles. The van der Waals surface area contributed by atoms with Gasteiger partial charge in [-0.3, -0.25) is 4.79 Å². The smallest absolute Gasteiger partial charge is 0.226 e. The number of likely N-dealkylation sites (N-methyl/N-ethyl adjacent to an activating group) is 1. The van der Waals surface area contributed by atoms with Crippen molar-refractivity contribution in [2.24, 2.45) is 0 Å². The molecule has 3 rings (SSSR count). The lowest BCUT2D eigenvalue weighted by Gasteiger charge is -2.14. The third-order valence-electron chi connectivity index (χ3n) is 4.22. The summed E-state index contributed by atoms with van der Waals surface area (Å²) in [5.41, 5.74) is 3.76. The Balaban J connectivity index is 2.08. The molecule has 0 N–H and O–H groups in total. The molecule has 0 aromatic heterocycles. The molecule has 0 bridgehead atoms. The van der Waals surface area contributed by atoms with Gasteiger partial charge in [-0.05, 0) is 22.3 Å². The summed E-state index contributed by atoms with van der Waals surface area (Å²) in [7, 11) is 3.35. The summed E-state index contributed by atoms with van der Waals surface area (Å²) >= 11 is 0. The van der Waals surface area contributed by atoms with Crippen LogP contribution >= 0.6 is 0 Å². The molecule has 0 fully saturated rings. The zero-order valence-electron chi connectivity index (χ0n) is 14.4. The van der Waals surface area contributed by atoms with E-state index in [9.17, 15) is 4.79 Å². The topological polar surface area (TPSA) is 20.3 Å². The molecule has 25 heavy (non-hydrogen) atoms. The number of amides is 1. The van der Waals surface area contributed by atoms with E-state index >= 15 is 4.39 Å². The zero-order valence-corrected chi connectivity index (χ0v) is 14.4. The van der Waals surface area contributed by atoms with Gasteiger partial charge in [0.25, 0.3) is 0 Å². The van der Waals surface area contributed by atoms with Gasteiger partial charge in [-0.15, -0.1) is 0 Å². The molecule has 0 aliphatic rings. The fourth-order valence-corrected chi connectivity index (χ4v) is 2.83. The van der Waals surface area contributed by atoms with Gasteiger partial charge in [0.1, 0.15) is 5.82 Å². The van der Waals surface area contributed by atoms with Gasteiger partial charge in [0, 0.05) is 19.7 Å². The second kappa shape index (κ2) is 7.31. The number of rotatable bonds is 4. The van der Waals surface area contributed by atoms with E-state index in [2.05, 4.69) is 0 Å². The summed E-state index contributed by atoms with van der Waals surface area (Å²) < 4.78 is 15.1. The average molecular weight is 333 g/mol. The largest absolute Gasteiger partial charge is 0.349 e. The van der Waals surface area contributed by atoms with Gasteiger partial charge in [0.2, 0.25) is 5.91 Å². The van der Waals surface area contributed by atoms with E-state index < -0.39 is 0 Å². The third-order valence-corrected chi connectivity index (χ3v) is 4.22. The van der Waals surface area contributed by atoms with Crippen LogP contribution in [0.5, 0.6) is 0 Å². The van der Waals surface area contributed by atoms with Gasteiger partial charge in [0.05, 0.1) is 6.42 Å². The minimum Gasteiger partial charge on any atom is -0.349 e. The molecule has 1 amide bonds. The summed E-state index contributed by atoms with van der Waals surface area (Å²) in [6.07, 6.45) is 0.0557. The fourth-order valence-electron chi connectivity index (χ4n) is 2.83. The van der Waals surface area contributed by atoms with Crippen molar-refractivity contribution in [3.05, 3.63) is 84.2 Å². The maximum Gasteiger partial charge on any atom is 0.226 e. The number of hydrogen-bond acceptors (Lipinski definition) is 1. The maximum atomic E-state index is 15.1. The predicted octanol–water partition coefficient (Wildman–Crippen LogP) is 4.79. The third kappa shape index (κ3) is 3.61. The van der Waals surface area contributed by atoms with Crippen molar-refractivity contribution in [1.29, 1.82) is 0 Å². The predicted molar refractivity (Wildman–Crippen MR) is 99.7 cm³/mol. The number of nitrogens with zero attached hydrogens (tertiary/aromatic N) is 1. The Kier molecular flexibility index (Phi) is 4.94. The van der Waals surface area contributed by atoms with E-state index in [1.165, 1.54) is 4.90 Å². The molecule has 0 saturated carbocycles. The highest BCUT2D eigenvalue weighted by Crippen LogP contribution is 2.34. The molecular formula is C22H20FNO. The molecule has 0 spiro atoms. The van der Waals surface area contributed by atoms with E-state index in [1.807, 2.05) is 54.6 Å². The van der Waals surface area contributed by atoms with Crippen molar-refractivity contribution in [3.63, 3.8) is 0 Å². The van der Waals surface area contributed by atoms with E-state index in [1.54, 1.807) is 32.3 Å². The Hall–Kier alpha value is -2.94. The van der Waals surface area contributed by atoms with Crippen molar-refractivity contribution in [3.8, 4) is 22.3 Å². The van der Waals surface area contributed by atoms with Crippen LogP contribution in [0.15, 0.2) is 72.8 Å². The Morgan fingerprint density at radius 3 is 2.08 bits per heavy atom. The first-order valence-electron chi connectivity index (χ1n) is 8.20. The molecular weight excluding hydrogens is 313 g/mol. The molecule has 0 radical (unpaired) electrons. The Bertz CT molecular complexity index is 888. The van der Waals surface area contributed by atoms with Gasteiger partial charge in [0.15, 0.2) is 0 Å². The number of hydrogen-bond donors (Lipinski definition) is 0. The monoisotopic (exact) mass is 333 g/mol. The fraction of sp³-hybridized carbons (Fsp3) is 0.136.